The highest BCUT2D eigenvalue weighted by molar-refractivity contribution is 6.61. The number of ether oxygens (including phenoxy) is 1. The van der Waals surface area contributed by atoms with Crippen LogP contribution in [0.1, 0.15) is 33.8 Å². The first-order valence-electron chi connectivity index (χ1n) is 7.83. The van der Waals surface area contributed by atoms with Gasteiger partial charge < -0.3 is 30.9 Å². The number of aliphatic hydroxyl groups is 2. The van der Waals surface area contributed by atoms with E-state index in [-0.39, 0.29) is 14.0 Å². The van der Waals surface area contributed by atoms with Crippen LogP contribution in [-0.2, 0) is 20.9 Å². The van der Waals surface area contributed by atoms with Crippen molar-refractivity contribution in [2.45, 2.75) is 53.1 Å². The predicted molar refractivity (Wildman–Crippen MR) is 105 cm³/mol. The van der Waals surface area contributed by atoms with Crippen molar-refractivity contribution in [3.63, 3.8) is 0 Å². The quantitative estimate of drug-likeness (QED) is 0.430. The van der Waals surface area contributed by atoms with Crippen molar-refractivity contribution in [3.8, 4) is 0 Å². The summed E-state index contributed by atoms with van der Waals surface area (Å²) in [6.45, 7) is 4.49. The van der Waals surface area contributed by atoms with Crippen LogP contribution in [0.5, 0.6) is 0 Å². The molecule has 0 unspecified atom stereocenters. The van der Waals surface area contributed by atoms with Crippen LogP contribution in [0.2, 0.25) is 0 Å². The van der Waals surface area contributed by atoms with Gasteiger partial charge in [-0.3, -0.25) is 9.59 Å². The zero-order chi connectivity index (χ0) is 21.6. The summed E-state index contributed by atoms with van der Waals surface area (Å²) < 4.78 is 4.55. The number of carboxylic acids is 2. The molecule has 0 saturated heterocycles. The molecular formula is C18H30ClNO8. The van der Waals surface area contributed by atoms with Gasteiger partial charge in [0, 0.05) is 11.6 Å². The third kappa shape index (κ3) is 17.2. The molecule has 0 aliphatic heterocycles. The minimum Gasteiger partial charge on any atom is -0.481 e. The Morgan fingerprint density at radius 3 is 1.68 bits per heavy atom. The van der Waals surface area contributed by atoms with Gasteiger partial charge in [0.1, 0.15) is 12.6 Å². The van der Waals surface area contributed by atoms with Crippen molar-refractivity contribution in [1.29, 1.82) is 0 Å². The number of aliphatic hydroxyl groups excluding tert-OH is 2. The van der Waals surface area contributed by atoms with Crippen molar-refractivity contribution in [2.24, 2.45) is 11.7 Å². The molecule has 4 atom stereocenters. The van der Waals surface area contributed by atoms with Gasteiger partial charge in [0.15, 0.2) is 0 Å². The third-order valence-corrected chi connectivity index (χ3v) is 3.22. The van der Waals surface area contributed by atoms with Crippen LogP contribution >= 0.6 is 11.6 Å². The maximum atomic E-state index is 10.2. The first-order valence-corrected chi connectivity index (χ1v) is 8.21. The van der Waals surface area contributed by atoms with Crippen molar-refractivity contribution < 1.29 is 39.5 Å². The molecule has 28 heavy (non-hydrogen) atoms. The van der Waals surface area contributed by atoms with Crippen LogP contribution in [-0.4, -0.2) is 56.0 Å². The number of rotatable bonds is 6. The minimum atomic E-state index is -1.18. The summed E-state index contributed by atoms with van der Waals surface area (Å²) >= 11 is 4.97. The second-order valence-electron chi connectivity index (χ2n) is 5.48. The number of hydrogen-bond donors (Lipinski definition) is 5. The monoisotopic (exact) mass is 423 g/mol. The van der Waals surface area contributed by atoms with Gasteiger partial charge in [0.05, 0.1) is 18.1 Å². The Hall–Kier alpha value is -2.20. The van der Waals surface area contributed by atoms with Crippen LogP contribution in [0.4, 0.5) is 4.79 Å². The number of carbonyl (C=O) groups is 3. The molecule has 9 nitrogen and oxygen atoms in total. The molecule has 0 aliphatic rings. The zero-order valence-electron chi connectivity index (χ0n) is 15.3. The fourth-order valence-electron chi connectivity index (χ4n) is 1.13. The fraction of sp³-hybridized carbons (Fsp3) is 0.500. The SMILES string of the molecule is C.C[C@@H](O)[C@H](N)C(=O)O.C[C@H](C(=O)O)[C@@H](C)O.O=C(Cl)OCc1ccccc1. The Bertz CT molecular complexity index is 542. The molecule has 0 saturated carbocycles. The Balaban J connectivity index is -0.000000337. The standard InChI is InChI=1S/C8H7ClO2.C5H10O3.C4H9NO3.CH4/c9-8(10)11-6-7-4-2-1-3-5-7;1-3(4(2)6)5(7)8;1-2(6)3(5)4(7)8;/h1-5H,6H2;3-4,6H,1-2H3,(H,7,8);2-3,6H,5H2,1H3,(H,7,8);1H4/t;3-,4+;2-,3+;/m.01./s1. The van der Waals surface area contributed by atoms with E-state index in [1.807, 2.05) is 30.3 Å². The van der Waals surface area contributed by atoms with Gasteiger partial charge in [-0.2, -0.15) is 0 Å². The van der Waals surface area contributed by atoms with Crippen LogP contribution in [0.15, 0.2) is 30.3 Å². The molecule has 0 fully saturated rings. The number of aliphatic carboxylic acids is 2. The van der Waals surface area contributed by atoms with Crippen LogP contribution in [0.3, 0.4) is 0 Å². The lowest BCUT2D eigenvalue weighted by Gasteiger charge is -2.06. The van der Waals surface area contributed by atoms with Crippen molar-refractivity contribution in [1.82, 2.24) is 0 Å². The molecular weight excluding hydrogens is 394 g/mol. The van der Waals surface area contributed by atoms with Crippen LogP contribution < -0.4 is 5.73 Å². The maximum Gasteiger partial charge on any atom is 0.404 e. The average Bonchev–Trinajstić information content (AvgIpc) is 2.60. The molecule has 10 heteroatoms. The summed E-state index contributed by atoms with van der Waals surface area (Å²) in [4.78, 5) is 30.0. The molecule has 0 heterocycles. The molecule has 0 bridgehead atoms. The van der Waals surface area contributed by atoms with Crippen molar-refractivity contribution in [2.75, 3.05) is 0 Å². The van der Waals surface area contributed by atoms with E-state index in [0.29, 0.717) is 0 Å². The maximum absolute atomic E-state index is 10.2. The average molecular weight is 424 g/mol. The summed E-state index contributed by atoms with van der Waals surface area (Å²) in [5.41, 5.74) is 5.07. The number of nitrogens with two attached hydrogens (primary N) is 1. The van der Waals surface area contributed by atoms with Crippen molar-refractivity contribution >= 4 is 29.0 Å². The summed E-state index contributed by atoms with van der Waals surface area (Å²) in [5.74, 6) is -2.80. The number of hydrogen-bond acceptors (Lipinski definition) is 7. The van der Waals surface area contributed by atoms with E-state index in [1.54, 1.807) is 0 Å². The Labute approximate surface area is 169 Å². The topological polar surface area (TPSA) is 167 Å². The molecule has 1 aromatic carbocycles. The van der Waals surface area contributed by atoms with E-state index < -0.39 is 41.5 Å². The van der Waals surface area contributed by atoms with E-state index in [2.05, 4.69) is 4.74 Å². The zero-order valence-corrected chi connectivity index (χ0v) is 16.0. The van der Waals surface area contributed by atoms with E-state index in [4.69, 9.17) is 37.8 Å². The van der Waals surface area contributed by atoms with E-state index in [0.717, 1.165) is 5.56 Å². The third-order valence-electron chi connectivity index (χ3n) is 3.11. The molecule has 0 amide bonds. The predicted octanol–water partition coefficient (Wildman–Crippen LogP) is 2.07. The van der Waals surface area contributed by atoms with E-state index in [1.165, 1.54) is 20.8 Å². The van der Waals surface area contributed by atoms with Gasteiger partial charge in [-0.1, -0.05) is 37.8 Å². The van der Waals surface area contributed by atoms with E-state index in [9.17, 15) is 14.4 Å². The highest BCUT2D eigenvalue weighted by atomic mass is 35.5. The van der Waals surface area contributed by atoms with Gasteiger partial charge in [-0.25, -0.2) is 4.79 Å². The molecule has 1 rings (SSSR count). The molecule has 6 N–H and O–H groups in total. The normalized spacial score (nSPS) is 13.5. The number of carbonyl (C=O) groups excluding carboxylic acids is 1. The fourth-order valence-corrected chi connectivity index (χ4v) is 1.18. The first-order chi connectivity index (χ1) is 12.4. The van der Waals surface area contributed by atoms with Crippen LogP contribution in [0, 0.1) is 5.92 Å². The van der Waals surface area contributed by atoms with Gasteiger partial charge in [0.2, 0.25) is 0 Å². The van der Waals surface area contributed by atoms with Gasteiger partial charge in [-0.05, 0) is 26.3 Å². The van der Waals surface area contributed by atoms with Gasteiger partial charge in [-0.15, -0.1) is 0 Å². The molecule has 162 valence electrons. The highest BCUT2D eigenvalue weighted by Gasteiger charge is 2.16. The molecule has 1 aromatic rings. The lowest BCUT2D eigenvalue weighted by molar-refractivity contribution is -0.144. The summed E-state index contributed by atoms with van der Waals surface area (Å²) in [5, 5.41) is 33.4. The molecule has 0 radical (unpaired) electrons. The largest absolute Gasteiger partial charge is 0.481 e. The molecule has 0 spiro atoms. The highest BCUT2D eigenvalue weighted by Crippen LogP contribution is 2.01. The summed E-state index contributed by atoms with van der Waals surface area (Å²) in [6, 6.07) is 8.20. The van der Waals surface area contributed by atoms with Gasteiger partial charge in [0.25, 0.3) is 0 Å². The number of carboxylic acid groups (broad SMARTS) is 2. The summed E-state index contributed by atoms with van der Waals surface area (Å²) in [7, 11) is 0. The van der Waals surface area contributed by atoms with Gasteiger partial charge >= 0.3 is 17.4 Å². The second kappa shape index (κ2) is 16.9. The lowest BCUT2D eigenvalue weighted by atomic mass is 10.1. The Morgan fingerprint density at radius 2 is 1.46 bits per heavy atom. The second-order valence-corrected chi connectivity index (χ2v) is 5.79. The Kier molecular flexibility index (Phi) is 18.5. The lowest BCUT2D eigenvalue weighted by Crippen LogP contribution is -2.39. The number of benzene rings is 1. The molecule has 0 aromatic heterocycles. The summed E-state index contributed by atoms with van der Waals surface area (Å²) in [6.07, 6.45) is -1.74. The smallest absolute Gasteiger partial charge is 0.404 e. The van der Waals surface area contributed by atoms with Crippen LogP contribution in [0.25, 0.3) is 0 Å². The molecule has 0 aliphatic carbocycles. The van der Waals surface area contributed by atoms with E-state index >= 15 is 0 Å². The number of halogens is 1. The minimum absolute atomic E-state index is 0. The Morgan fingerprint density at radius 1 is 1.00 bits per heavy atom. The van der Waals surface area contributed by atoms with Crippen molar-refractivity contribution in [3.05, 3.63) is 35.9 Å². The first kappa shape index (κ1) is 30.5.